The van der Waals surface area contributed by atoms with E-state index in [1.165, 1.54) is 0 Å². The zero-order valence-electron chi connectivity index (χ0n) is 24.2. The first-order chi connectivity index (χ1) is 19.6. The number of rotatable bonds is 10. The van der Waals surface area contributed by atoms with E-state index in [-0.39, 0.29) is 31.2 Å². The lowest BCUT2D eigenvalue weighted by molar-refractivity contribution is -0.873. The SMILES string of the molecule is CCC(=O)OC(CC(=O)NNC(=O)c1ccc(-c2nc(-c3ccccc3)c(-c3ccccc3)[nH]2)cc1)C[N+](C)(C)C.[Cl-]. The Morgan fingerprint density at radius 1 is 0.833 bits per heavy atom. The number of carbonyl (C=O) groups excluding carboxylic acids is 3. The molecule has 0 aliphatic carbocycles. The Morgan fingerprint density at radius 2 is 1.43 bits per heavy atom. The van der Waals surface area contributed by atoms with Crippen molar-refractivity contribution in [2.75, 3.05) is 27.7 Å². The maximum atomic E-state index is 12.7. The van der Waals surface area contributed by atoms with Crippen LogP contribution in [0.2, 0.25) is 0 Å². The molecule has 9 nitrogen and oxygen atoms in total. The van der Waals surface area contributed by atoms with Gasteiger partial charge in [0.25, 0.3) is 5.91 Å². The van der Waals surface area contributed by atoms with Crippen molar-refractivity contribution in [3.63, 3.8) is 0 Å². The molecule has 0 aliphatic rings. The lowest BCUT2D eigenvalue weighted by atomic mass is 10.1. The molecule has 0 saturated heterocycles. The van der Waals surface area contributed by atoms with E-state index >= 15 is 0 Å². The summed E-state index contributed by atoms with van der Waals surface area (Å²) in [6.45, 7) is 2.16. The summed E-state index contributed by atoms with van der Waals surface area (Å²) in [5, 5.41) is 0. The predicted octanol–water partition coefficient (Wildman–Crippen LogP) is 1.59. The Kier molecular flexibility index (Phi) is 11.0. The lowest BCUT2D eigenvalue weighted by Crippen LogP contribution is -3.00. The van der Waals surface area contributed by atoms with Crippen molar-refractivity contribution in [2.24, 2.45) is 0 Å². The zero-order chi connectivity index (χ0) is 29.4. The number of likely N-dealkylation sites (N-methyl/N-ethyl adjacent to an activating group) is 1. The summed E-state index contributed by atoms with van der Waals surface area (Å²) in [4.78, 5) is 45.4. The van der Waals surface area contributed by atoms with Crippen LogP contribution < -0.4 is 23.3 Å². The van der Waals surface area contributed by atoms with Crippen molar-refractivity contribution in [2.45, 2.75) is 25.9 Å². The van der Waals surface area contributed by atoms with Crippen LogP contribution in [0.5, 0.6) is 0 Å². The van der Waals surface area contributed by atoms with Gasteiger partial charge in [-0.05, 0) is 12.1 Å². The maximum absolute atomic E-state index is 12.7. The molecular formula is C32H36ClN5O4. The van der Waals surface area contributed by atoms with Crippen LogP contribution in [0.4, 0.5) is 0 Å². The van der Waals surface area contributed by atoms with Crippen molar-refractivity contribution in [1.82, 2.24) is 20.8 Å². The summed E-state index contributed by atoms with van der Waals surface area (Å²) in [6, 6.07) is 26.9. The highest BCUT2D eigenvalue weighted by Gasteiger charge is 2.25. The minimum absolute atomic E-state index is 0. The third kappa shape index (κ3) is 8.76. The van der Waals surface area contributed by atoms with E-state index in [0.717, 1.165) is 28.1 Å². The molecule has 0 bridgehead atoms. The minimum atomic E-state index is -0.603. The number of nitrogens with one attached hydrogen (secondary N) is 3. The van der Waals surface area contributed by atoms with Gasteiger partial charge in [0, 0.05) is 28.7 Å². The van der Waals surface area contributed by atoms with Crippen molar-refractivity contribution in [1.29, 1.82) is 0 Å². The summed E-state index contributed by atoms with van der Waals surface area (Å²) in [5.41, 5.74) is 9.80. The molecule has 1 aromatic heterocycles. The molecule has 1 atom stereocenters. The Morgan fingerprint density at radius 3 is 2.00 bits per heavy atom. The first kappa shape index (κ1) is 32.0. The summed E-state index contributed by atoms with van der Waals surface area (Å²) in [6.07, 6.45) is -0.443. The second kappa shape index (κ2) is 14.4. The summed E-state index contributed by atoms with van der Waals surface area (Å²) < 4.78 is 5.94. The van der Waals surface area contributed by atoms with Crippen molar-refractivity contribution < 1.29 is 36.0 Å². The fourth-order valence-electron chi connectivity index (χ4n) is 4.39. The third-order valence-corrected chi connectivity index (χ3v) is 6.30. The van der Waals surface area contributed by atoms with Crippen LogP contribution in [0.25, 0.3) is 33.9 Å². The minimum Gasteiger partial charge on any atom is -1.00 e. The van der Waals surface area contributed by atoms with E-state index in [9.17, 15) is 14.4 Å². The van der Waals surface area contributed by atoms with Gasteiger partial charge in [-0.2, -0.15) is 0 Å². The summed E-state index contributed by atoms with van der Waals surface area (Å²) in [5.74, 6) is -0.612. The number of imidazole rings is 1. The van der Waals surface area contributed by atoms with Crippen LogP contribution in [-0.2, 0) is 14.3 Å². The van der Waals surface area contributed by atoms with Crippen LogP contribution in [0, 0.1) is 0 Å². The van der Waals surface area contributed by atoms with E-state index in [1.807, 2.05) is 81.8 Å². The summed E-state index contributed by atoms with van der Waals surface area (Å²) in [7, 11) is 5.84. The smallest absolute Gasteiger partial charge is 0.306 e. The van der Waals surface area contributed by atoms with Crippen molar-refractivity contribution in [3.8, 4) is 33.9 Å². The van der Waals surface area contributed by atoms with Gasteiger partial charge in [0.2, 0.25) is 5.91 Å². The molecule has 0 spiro atoms. The molecule has 0 fully saturated rings. The molecule has 0 aliphatic heterocycles. The molecule has 10 heteroatoms. The Hall–Kier alpha value is -4.47. The molecular weight excluding hydrogens is 554 g/mol. The molecule has 220 valence electrons. The molecule has 4 aromatic rings. The van der Waals surface area contributed by atoms with Crippen LogP contribution in [0.3, 0.4) is 0 Å². The van der Waals surface area contributed by atoms with Gasteiger partial charge in [0.1, 0.15) is 12.4 Å². The molecule has 1 heterocycles. The van der Waals surface area contributed by atoms with E-state index < -0.39 is 17.9 Å². The average Bonchev–Trinajstić information content (AvgIpc) is 3.41. The normalized spacial score (nSPS) is 11.6. The monoisotopic (exact) mass is 589 g/mol. The van der Waals surface area contributed by atoms with Gasteiger partial charge in [-0.15, -0.1) is 0 Å². The number of aromatic amines is 1. The number of amides is 2. The number of carbonyl (C=O) groups is 3. The number of ether oxygens (including phenoxy) is 1. The van der Waals surface area contributed by atoms with Gasteiger partial charge in [-0.1, -0.05) is 79.7 Å². The molecule has 3 aromatic carbocycles. The molecule has 2 amide bonds. The van der Waals surface area contributed by atoms with E-state index in [2.05, 4.69) is 15.8 Å². The highest BCUT2D eigenvalue weighted by Crippen LogP contribution is 2.32. The van der Waals surface area contributed by atoms with Crippen LogP contribution in [0.1, 0.15) is 30.1 Å². The maximum Gasteiger partial charge on any atom is 0.306 e. The molecule has 4 rings (SSSR count). The van der Waals surface area contributed by atoms with Gasteiger partial charge in [0.15, 0.2) is 6.10 Å². The molecule has 0 saturated carbocycles. The first-order valence-corrected chi connectivity index (χ1v) is 13.5. The van der Waals surface area contributed by atoms with Gasteiger partial charge < -0.3 is 26.6 Å². The van der Waals surface area contributed by atoms with Gasteiger partial charge in [-0.25, -0.2) is 4.98 Å². The van der Waals surface area contributed by atoms with Crippen LogP contribution >= 0.6 is 0 Å². The number of aromatic nitrogens is 2. The second-order valence-corrected chi connectivity index (χ2v) is 10.8. The Labute approximate surface area is 252 Å². The lowest BCUT2D eigenvalue weighted by Gasteiger charge is -2.28. The molecule has 3 N–H and O–H groups in total. The third-order valence-electron chi connectivity index (χ3n) is 6.30. The second-order valence-electron chi connectivity index (χ2n) is 10.8. The molecule has 1 unspecified atom stereocenters. The van der Waals surface area contributed by atoms with Gasteiger partial charge in [-0.3, -0.25) is 25.2 Å². The molecule has 0 radical (unpaired) electrons. The number of hydrogen-bond acceptors (Lipinski definition) is 5. The number of hydrogen-bond donors (Lipinski definition) is 3. The number of quaternary nitrogens is 1. The van der Waals surface area contributed by atoms with Gasteiger partial charge >= 0.3 is 5.97 Å². The van der Waals surface area contributed by atoms with Crippen molar-refractivity contribution in [3.05, 3.63) is 90.5 Å². The quantitative estimate of drug-likeness (QED) is 0.148. The first-order valence-electron chi connectivity index (χ1n) is 13.5. The highest BCUT2D eigenvalue weighted by molar-refractivity contribution is 5.96. The highest BCUT2D eigenvalue weighted by atomic mass is 35.5. The van der Waals surface area contributed by atoms with Crippen LogP contribution in [-0.4, -0.2) is 66.0 Å². The zero-order valence-corrected chi connectivity index (χ0v) is 24.9. The average molecular weight is 590 g/mol. The number of benzene rings is 3. The number of H-pyrrole nitrogens is 1. The van der Waals surface area contributed by atoms with E-state index in [1.54, 1.807) is 31.2 Å². The Bertz CT molecular complexity index is 1430. The fourth-order valence-corrected chi connectivity index (χ4v) is 4.39. The number of halogens is 1. The Balaban J connectivity index is 0.00000484. The van der Waals surface area contributed by atoms with Crippen molar-refractivity contribution >= 4 is 17.8 Å². The van der Waals surface area contributed by atoms with Crippen LogP contribution in [0.15, 0.2) is 84.9 Å². The number of esters is 1. The number of nitrogens with zero attached hydrogens (tertiary/aromatic N) is 2. The predicted molar refractivity (Wildman–Crippen MR) is 158 cm³/mol. The standard InChI is InChI=1S/C32H35N5O4.ClH/c1-5-28(39)41-26(21-37(2,3)4)20-27(38)35-36-32(40)25-18-16-24(17-19-25)31-33-29(22-12-8-6-9-13-22)30(34-31)23-14-10-7-11-15-23;/h6-19,26H,5,20-21H2,1-4H3,(H2-,33,34,35,36,38,40);1H. The largest absolute Gasteiger partial charge is 1.00 e. The van der Waals surface area contributed by atoms with E-state index in [0.29, 0.717) is 22.4 Å². The fraction of sp³-hybridized carbons (Fsp3) is 0.250. The topological polar surface area (TPSA) is 113 Å². The van der Waals surface area contributed by atoms with Gasteiger partial charge in [0.05, 0.1) is 39.0 Å². The van der Waals surface area contributed by atoms with E-state index in [4.69, 9.17) is 9.72 Å². The number of hydrazine groups is 1. The molecule has 42 heavy (non-hydrogen) atoms. The summed E-state index contributed by atoms with van der Waals surface area (Å²) >= 11 is 0.